The van der Waals surface area contributed by atoms with Crippen LogP contribution in [0.15, 0.2) is 29.2 Å². The summed E-state index contributed by atoms with van der Waals surface area (Å²) in [4.78, 5) is 25.1. The molecule has 0 aliphatic rings. The van der Waals surface area contributed by atoms with Gasteiger partial charge in [-0.25, -0.2) is 18.3 Å². The van der Waals surface area contributed by atoms with Gasteiger partial charge in [0.25, 0.3) is 5.56 Å². The zero-order valence-electron chi connectivity index (χ0n) is 15.3. The van der Waals surface area contributed by atoms with E-state index in [1.54, 1.807) is 6.92 Å². The molecule has 0 aliphatic carbocycles. The molecule has 0 saturated heterocycles. The third-order valence-electron chi connectivity index (χ3n) is 4.27. The summed E-state index contributed by atoms with van der Waals surface area (Å²) in [6, 6.07) is 2.35. The molecule has 0 aliphatic heterocycles. The molecule has 0 saturated carbocycles. The standard InChI is InChI=1S/C17H14ClF2N9O/c1-6(24-14-12(18)13(21)26-17(22)27-14)15-25-9-5-7(19)4-8(20)11(9)16(30)29(15)10-2-3-23-28-10/h2-6H,1H3,(H,23,28)(H5,21,22,24,26,27)/t6-/m0/s1. The summed E-state index contributed by atoms with van der Waals surface area (Å²) in [6.07, 6.45) is 1.48. The van der Waals surface area contributed by atoms with Gasteiger partial charge in [0.15, 0.2) is 11.6 Å². The highest BCUT2D eigenvalue weighted by atomic mass is 35.5. The predicted octanol–water partition coefficient (Wildman–Crippen LogP) is 2.17. The largest absolute Gasteiger partial charge is 0.382 e. The van der Waals surface area contributed by atoms with Crippen molar-refractivity contribution >= 4 is 40.1 Å². The molecule has 30 heavy (non-hydrogen) atoms. The molecule has 0 spiro atoms. The van der Waals surface area contributed by atoms with Gasteiger partial charge in [0.2, 0.25) is 5.95 Å². The normalized spacial score (nSPS) is 12.3. The number of hydrogen-bond donors (Lipinski definition) is 4. The van der Waals surface area contributed by atoms with Gasteiger partial charge in [0.05, 0.1) is 11.6 Å². The minimum Gasteiger partial charge on any atom is -0.382 e. The van der Waals surface area contributed by atoms with Gasteiger partial charge in [0, 0.05) is 24.4 Å². The van der Waals surface area contributed by atoms with Crippen LogP contribution in [0.25, 0.3) is 16.7 Å². The van der Waals surface area contributed by atoms with Crippen molar-refractivity contribution in [2.24, 2.45) is 0 Å². The third kappa shape index (κ3) is 3.26. The van der Waals surface area contributed by atoms with Crippen molar-refractivity contribution in [1.82, 2.24) is 29.7 Å². The maximum Gasteiger partial charge on any atom is 0.270 e. The predicted molar refractivity (Wildman–Crippen MR) is 107 cm³/mol. The van der Waals surface area contributed by atoms with Crippen LogP contribution in [-0.2, 0) is 0 Å². The van der Waals surface area contributed by atoms with Gasteiger partial charge in [-0.15, -0.1) is 0 Å². The second-order valence-corrected chi connectivity index (χ2v) is 6.70. The van der Waals surface area contributed by atoms with E-state index >= 15 is 0 Å². The number of aromatic amines is 1. The first-order valence-electron chi connectivity index (χ1n) is 8.53. The van der Waals surface area contributed by atoms with E-state index in [0.29, 0.717) is 6.07 Å². The first kappa shape index (κ1) is 19.5. The zero-order valence-corrected chi connectivity index (χ0v) is 16.1. The number of nitrogen functional groups attached to an aromatic ring is 2. The van der Waals surface area contributed by atoms with Crippen molar-refractivity contribution in [3.8, 4) is 5.82 Å². The fraction of sp³-hybridized carbons (Fsp3) is 0.118. The number of nitrogens with two attached hydrogens (primary N) is 2. The van der Waals surface area contributed by atoms with Crippen molar-refractivity contribution in [2.75, 3.05) is 16.8 Å². The van der Waals surface area contributed by atoms with Gasteiger partial charge in [-0.05, 0) is 6.92 Å². The molecule has 4 rings (SSSR count). The lowest BCUT2D eigenvalue weighted by Crippen LogP contribution is -2.28. The minimum absolute atomic E-state index is 0.0163. The molecule has 1 atom stereocenters. The number of anilines is 3. The van der Waals surface area contributed by atoms with Gasteiger partial charge in [0.1, 0.15) is 33.7 Å². The maximum atomic E-state index is 14.4. The van der Waals surface area contributed by atoms with Gasteiger partial charge >= 0.3 is 0 Å². The first-order valence-corrected chi connectivity index (χ1v) is 8.91. The monoisotopic (exact) mass is 433 g/mol. The molecule has 0 fully saturated rings. The quantitative estimate of drug-likeness (QED) is 0.382. The molecule has 13 heteroatoms. The summed E-state index contributed by atoms with van der Waals surface area (Å²) in [5.41, 5.74) is 10.4. The molecule has 3 aromatic heterocycles. The number of nitrogens with one attached hydrogen (secondary N) is 2. The van der Waals surface area contributed by atoms with E-state index in [1.807, 2.05) is 0 Å². The molecule has 0 amide bonds. The van der Waals surface area contributed by atoms with E-state index < -0.39 is 23.2 Å². The molecule has 3 heterocycles. The average Bonchev–Trinajstić information content (AvgIpc) is 3.18. The fourth-order valence-corrected chi connectivity index (χ4v) is 3.12. The second-order valence-electron chi connectivity index (χ2n) is 6.32. The Labute approximate surface area is 171 Å². The molecule has 4 aromatic rings. The summed E-state index contributed by atoms with van der Waals surface area (Å²) in [6.45, 7) is 1.64. The van der Waals surface area contributed by atoms with Crippen molar-refractivity contribution in [2.45, 2.75) is 13.0 Å². The van der Waals surface area contributed by atoms with Crippen molar-refractivity contribution < 1.29 is 8.78 Å². The van der Waals surface area contributed by atoms with Gasteiger partial charge in [-0.2, -0.15) is 15.1 Å². The SMILES string of the molecule is C[C@H](Nc1nc(N)nc(N)c1Cl)c1nc2cc(F)cc(F)c2c(=O)n1-c1cc[nH]n1. The summed E-state index contributed by atoms with van der Waals surface area (Å²) < 4.78 is 29.2. The molecular formula is C17H14ClF2N9O. The smallest absolute Gasteiger partial charge is 0.270 e. The molecule has 1 aromatic carbocycles. The summed E-state index contributed by atoms with van der Waals surface area (Å²) in [5, 5.41) is 9.15. The van der Waals surface area contributed by atoms with Gasteiger partial charge < -0.3 is 16.8 Å². The van der Waals surface area contributed by atoms with Crippen LogP contribution in [0, 0.1) is 11.6 Å². The average molecular weight is 434 g/mol. The molecular weight excluding hydrogens is 420 g/mol. The number of fused-ring (bicyclic) bond motifs is 1. The number of aromatic nitrogens is 6. The van der Waals surface area contributed by atoms with Crippen LogP contribution < -0.4 is 22.3 Å². The van der Waals surface area contributed by atoms with Gasteiger partial charge in [-0.3, -0.25) is 9.89 Å². The number of nitrogens with zero attached hydrogens (tertiary/aromatic N) is 5. The van der Waals surface area contributed by atoms with Crippen LogP contribution >= 0.6 is 11.6 Å². The van der Waals surface area contributed by atoms with Crippen LogP contribution in [0.2, 0.25) is 5.02 Å². The van der Waals surface area contributed by atoms with E-state index in [9.17, 15) is 13.6 Å². The zero-order chi connectivity index (χ0) is 21.6. The Balaban J connectivity index is 1.93. The van der Waals surface area contributed by atoms with Crippen LogP contribution in [0.4, 0.5) is 26.4 Å². The maximum absolute atomic E-state index is 14.4. The number of benzene rings is 1. The highest BCUT2D eigenvalue weighted by molar-refractivity contribution is 6.35. The van der Waals surface area contributed by atoms with Crippen LogP contribution in [0.3, 0.4) is 0 Å². The Morgan fingerprint density at radius 2 is 2.00 bits per heavy atom. The lowest BCUT2D eigenvalue weighted by atomic mass is 10.2. The first-order chi connectivity index (χ1) is 14.3. The number of rotatable bonds is 4. The number of halogens is 3. The Bertz CT molecular complexity index is 1320. The lowest BCUT2D eigenvalue weighted by molar-refractivity contribution is 0.589. The molecule has 0 bridgehead atoms. The molecule has 154 valence electrons. The van der Waals surface area contributed by atoms with Crippen LogP contribution in [-0.4, -0.2) is 29.7 Å². The molecule has 6 N–H and O–H groups in total. The van der Waals surface area contributed by atoms with Crippen molar-refractivity contribution in [1.29, 1.82) is 0 Å². The van der Waals surface area contributed by atoms with E-state index in [4.69, 9.17) is 23.1 Å². The highest BCUT2D eigenvalue weighted by Crippen LogP contribution is 2.29. The third-order valence-corrected chi connectivity index (χ3v) is 4.64. The van der Waals surface area contributed by atoms with Crippen LogP contribution in [0.5, 0.6) is 0 Å². The summed E-state index contributed by atoms with van der Waals surface area (Å²) >= 11 is 6.13. The van der Waals surface area contributed by atoms with Crippen molar-refractivity contribution in [3.05, 3.63) is 57.2 Å². The van der Waals surface area contributed by atoms with E-state index in [0.717, 1.165) is 10.6 Å². The summed E-state index contributed by atoms with van der Waals surface area (Å²) in [5.74, 6) is -1.70. The Kier molecular flexibility index (Phi) is 4.70. The Morgan fingerprint density at radius 1 is 1.23 bits per heavy atom. The fourth-order valence-electron chi connectivity index (χ4n) is 2.99. The minimum atomic E-state index is -1.03. The number of hydrogen-bond acceptors (Lipinski definition) is 8. The van der Waals surface area contributed by atoms with Crippen LogP contribution in [0.1, 0.15) is 18.8 Å². The molecule has 0 unspecified atom stereocenters. The highest BCUT2D eigenvalue weighted by Gasteiger charge is 2.23. The van der Waals surface area contributed by atoms with Gasteiger partial charge in [-0.1, -0.05) is 11.6 Å². The number of H-pyrrole nitrogens is 1. The second kappa shape index (κ2) is 7.22. The lowest BCUT2D eigenvalue weighted by Gasteiger charge is -2.19. The Hall–Kier alpha value is -3.80. The summed E-state index contributed by atoms with van der Waals surface area (Å²) in [7, 11) is 0. The van der Waals surface area contributed by atoms with E-state index in [1.165, 1.54) is 12.3 Å². The molecule has 0 radical (unpaired) electrons. The molecule has 10 nitrogen and oxygen atoms in total. The van der Waals surface area contributed by atoms with E-state index in [2.05, 4.69) is 30.5 Å². The Morgan fingerprint density at radius 3 is 2.70 bits per heavy atom. The van der Waals surface area contributed by atoms with Crippen molar-refractivity contribution in [3.63, 3.8) is 0 Å². The topological polar surface area (TPSA) is 153 Å². The van der Waals surface area contributed by atoms with E-state index in [-0.39, 0.29) is 45.2 Å².